The lowest BCUT2D eigenvalue weighted by Crippen LogP contribution is -2.39. The molecule has 1 aliphatic carbocycles. The number of carbonyl (C=O) groups excluding carboxylic acids is 5. The Bertz CT molecular complexity index is 3270. The molecule has 430 valence electrons. The van der Waals surface area contributed by atoms with Crippen LogP contribution in [0.2, 0.25) is 0 Å². The van der Waals surface area contributed by atoms with E-state index in [0.29, 0.717) is 127 Å². The van der Waals surface area contributed by atoms with E-state index in [2.05, 4.69) is 35.3 Å². The molecule has 5 heterocycles. The highest BCUT2D eigenvalue weighted by Gasteiger charge is 2.51. The van der Waals surface area contributed by atoms with Gasteiger partial charge in [-0.05, 0) is 95.1 Å². The van der Waals surface area contributed by atoms with Crippen molar-refractivity contribution >= 4 is 76.0 Å². The molecule has 19 nitrogen and oxygen atoms in total. The topological polar surface area (TPSA) is 197 Å². The van der Waals surface area contributed by atoms with Crippen LogP contribution in [0.25, 0.3) is 0 Å². The zero-order valence-corrected chi connectivity index (χ0v) is 47.5. The fourth-order valence-corrected chi connectivity index (χ4v) is 13.0. The molecule has 6 aliphatic rings. The van der Waals surface area contributed by atoms with Crippen molar-refractivity contribution < 1.29 is 62.0 Å². The van der Waals surface area contributed by atoms with Gasteiger partial charge in [0.05, 0.1) is 81.8 Å². The molecule has 0 radical (unpaired) electrons. The van der Waals surface area contributed by atoms with Crippen molar-refractivity contribution in [2.24, 2.45) is 10.4 Å². The van der Waals surface area contributed by atoms with Crippen molar-refractivity contribution in [2.75, 3.05) is 99.8 Å². The Labute approximate surface area is 481 Å². The fourth-order valence-electron chi connectivity index (χ4n) is 11.4. The average Bonchev–Trinajstić information content (AvgIpc) is 3.85. The molecule has 82 heavy (non-hydrogen) atoms. The van der Waals surface area contributed by atoms with Crippen molar-refractivity contribution in [3.05, 3.63) is 124 Å². The second kappa shape index (κ2) is 24.8. The Hall–Kier alpha value is -7.65. The van der Waals surface area contributed by atoms with Gasteiger partial charge in [0.2, 0.25) is 0 Å². The van der Waals surface area contributed by atoms with Crippen molar-refractivity contribution in [1.29, 1.82) is 0 Å². The van der Waals surface area contributed by atoms with Gasteiger partial charge in [-0.15, -0.1) is 5.06 Å². The monoisotopic (exact) mass is 1140 g/mol. The first kappa shape index (κ1) is 56.2. The number of nitrogens with one attached hydrogen (secondary N) is 1. The summed E-state index contributed by atoms with van der Waals surface area (Å²) >= 11 is 1.80. The van der Waals surface area contributed by atoms with E-state index < -0.39 is 17.8 Å². The lowest BCUT2D eigenvalue weighted by Gasteiger charge is -2.30. The molecule has 5 aromatic carbocycles. The van der Waals surface area contributed by atoms with Gasteiger partial charge in [0.1, 0.15) is 13.2 Å². The SMILES string of the molecule is COCCOCCOCCN(C[C@]1(C)CC1SCCCC(=O)ON1C(=O)CCC1=O)c1cc(COc2cc3c(cc2OC)C(=O)N2c4ccccc4C[C@H]2C=N3)cc(COc2cc3c(cc2OC)C(=O)N2c4ccccc4C[C@H]2CN3)c1. The Morgan fingerprint density at radius 3 is 2.07 bits per heavy atom. The van der Waals surface area contributed by atoms with Crippen LogP contribution in [0.1, 0.15) is 82.0 Å². The summed E-state index contributed by atoms with van der Waals surface area (Å²) in [4.78, 5) is 81.1. The molecule has 0 spiro atoms. The summed E-state index contributed by atoms with van der Waals surface area (Å²) in [5, 5.41) is 4.43. The first-order chi connectivity index (χ1) is 39.9. The lowest BCUT2D eigenvalue weighted by molar-refractivity contribution is -0.197. The van der Waals surface area contributed by atoms with Crippen LogP contribution in [0.5, 0.6) is 23.0 Å². The molecule has 1 saturated carbocycles. The molecule has 1 N–H and O–H groups in total. The highest BCUT2D eigenvalue weighted by atomic mass is 32.2. The second-order valence-corrected chi connectivity index (χ2v) is 22.9. The van der Waals surface area contributed by atoms with Crippen LogP contribution >= 0.6 is 11.8 Å². The summed E-state index contributed by atoms with van der Waals surface area (Å²) < 4.78 is 42.2. The molecular weight excluding hydrogens is 1070 g/mol. The molecule has 2 fully saturated rings. The summed E-state index contributed by atoms with van der Waals surface area (Å²) in [6, 6.07) is 29.1. The lowest BCUT2D eigenvalue weighted by atomic mass is 10.1. The molecule has 1 saturated heterocycles. The molecule has 0 aromatic heterocycles. The highest BCUT2D eigenvalue weighted by Crippen LogP contribution is 2.55. The summed E-state index contributed by atoms with van der Waals surface area (Å²) in [6.45, 7) is 6.51. The Morgan fingerprint density at radius 2 is 1.37 bits per heavy atom. The normalized spacial score (nSPS) is 20.0. The minimum Gasteiger partial charge on any atom is -0.493 e. The van der Waals surface area contributed by atoms with Gasteiger partial charge in [0.15, 0.2) is 23.0 Å². The summed E-state index contributed by atoms with van der Waals surface area (Å²) in [6.07, 6.45) is 4.91. The van der Waals surface area contributed by atoms with Crippen LogP contribution in [0, 0.1) is 5.41 Å². The number of nitrogens with zero attached hydrogens (tertiary/aromatic N) is 5. The van der Waals surface area contributed by atoms with Gasteiger partial charge in [0, 0.05) is 93.1 Å². The summed E-state index contributed by atoms with van der Waals surface area (Å²) in [5.41, 5.74) is 8.59. The van der Waals surface area contributed by atoms with E-state index in [9.17, 15) is 24.0 Å². The predicted octanol–water partition coefficient (Wildman–Crippen LogP) is 8.53. The van der Waals surface area contributed by atoms with Crippen LogP contribution in [0.3, 0.4) is 0 Å². The van der Waals surface area contributed by atoms with Gasteiger partial charge in [-0.1, -0.05) is 43.3 Å². The maximum atomic E-state index is 14.3. The van der Waals surface area contributed by atoms with Gasteiger partial charge >= 0.3 is 5.97 Å². The maximum absolute atomic E-state index is 14.3. The number of hydrogen-bond acceptors (Lipinski definition) is 17. The number of methoxy groups -OCH3 is 3. The van der Waals surface area contributed by atoms with E-state index in [1.165, 1.54) is 0 Å². The van der Waals surface area contributed by atoms with Crippen molar-refractivity contribution in [1.82, 2.24) is 5.06 Å². The zero-order chi connectivity index (χ0) is 56.9. The molecule has 11 rings (SSSR count). The number of amides is 4. The van der Waals surface area contributed by atoms with Gasteiger partial charge in [-0.25, -0.2) is 4.79 Å². The highest BCUT2D eigenvalue weighted by molar-refractivity contribution is 8.00. The summed E-state index contributed by atoms with van der Waals surface area (Å²) in [7, 11) is 4.76. The Morgan fingerprint density at radius 1 is 0.732 bits per heavy atom. The van der Waals surface area contributed by atoms with E-state index >= 15 is 0 Å². The second-order valence-electron chi connectivity index (χ2n) is 21.6. The van der Waals surface area contributed by atoms with Crippen LogP contribution in [0.4, 0.5) is 28.4 Å². The fraction of sp³-hybridized carbons (Fsp3) is 0.419. The average molecular weight is 1140 g/mol. The maximum Gasteiger partial charge on any atom is 0.333 e. The van der Waals surface area contributed by atoms with Crippen molar-refractivity contribution in [2.45, 2.75) is 82.4 Å². The Kier molecular flexibility index (Phi) is 17.0. The molecule has 5 aliphatic heterocycles. The first-order valence-electron chi connectivity index (χ1n) is 27.9. The van der Waals surface area contributed by atoms with Gasteiger partial charge in [0.25, 0.3) is 23.6 Å². The molecule has 4 atom stereocenters. The minimum absolute atomic E-state index is 0.0411. The number of rotatable bonds is 26. The number of benzene rings is 5. The minimum atomic E-state index is -0.600. The number of para-hydroxylation sites is 2. The number of hydroxylamine groups is 2. The largest absolute Gasteiger partial charge is 0.493 e. The summed E-state index contributed by atoms with van der Waals surface area (Å²) in [5.74, 6) is 0.545. The Balaban J connectivity index is 0.852. The smallest absolute Gasteiger partial charge is 0.333 e. The van der Waals surface area contributed by atoms with Gasteiger partial charge < -0.3 is 53.1 Å². The molecule has 4 amide bonds. The molecule has 20 heteroatoms. The third-order valence-corrected chi connectivity index (χ3v) is 17.5. The number of aliphatic imine (C=N–C) groups is 1. The molecule has 5 aromatic rings. The molecule has 1 unspecified atom stereocenters. The van der Waals surface area contributed by atoms with E-state index in [0.717, 1.165) is 52.2 Å². The predicted molar refractivity (Wildman–Crippen MR) is 310 cm³/mol. The number of fused-ring (bicyclic) bond motifs is 8. The number of ether oxygens (including phenoxy) is 7. The molecular formula is C62H68N6O13S. The number of hydrogen-bond donors (Lipinski definition) is 1. The third-order valence-electron chi connectivity index (χ3n) is 15.8. The van der Waals surface area contributed by atoms with Gasteiger partial charge in [-0.3, -0.25) is 29.1 Å². The quantitative estimate of drug-likeness (QED) is 0.0408. The van der Waals surface area contributed by atoms with E-state index in [-0.39, 0.29) is 61.8 Å². The van der Waals surface area contributed by atoms with Crippen molar-refractivity contribution in [3.63, 3.8) is 0 Å². The number of anilines is 4. The first-order valence-corrected chi connectivity index (χ1v) is 29.0. The number of imide groups is 1. The standard InChI is InChI=1S/C62H68N6O13S/c1-62(33-56(62)82-23-9-14-59(71)81-68-57(69)15-16-58(68)70)38-65(17-18-77-21-22-78-20-19-74-2)43-25-39(36-79-54-31-48-46(29-52(54)75-3)60(72)66-44(34-63-48)27-41-10-5-7-12-50(41)66)24-40(26-43)37-80-55-32-49-47(30-53(55)76-4)61(73)67-45(35-64-49)28-42-11-6-8-13-51(42)67/h5-8,10-13,24-26,29-32,34,44-45,56,64H,9,14-23,27-28,33,35-38H2,1-4H3/t44-,45-,56?,62-/m0/s1. The third kappa shape index (κ3) is 12.1. The van der Waals surface area contributed by atoms with Crippen LogP contribution in [-0.2, 0) is 59.5 Å². The van der Waals surface area contributed by atoms with Crippen LogP contribution < -0.4 is 39.0 Å². The number of thioether (sulfide) groups is 1. The van der Waals surface area contributed by atoms with Crippen LogP contribution in [-0.4, -0.2) is 138 Å². The zero-order valence-electron chi connectivity index (χ0n) is 46.6. The van der Waals surface area contributed by atoms with E-state index in [1.807, 2.05) is 65.7 Å². The van der Waals surface area contributed by atoms with E-state index in [4.69, 9.17) is 43.0 Å². The van der Waals surface area contributed by atoms with Gasteiger partial charge in [-0.2, -0.15) is 11.8 Å². The molecule has 0 bridgehead atoms. The van der Waals surface area contributed by atoms with Crippen molar-refractivity contribution in [3.8, 4) is 23.0 Å². The number of carbonyl (C=O) groups is 5. The van der Waals surface area contributed by atoms with E-state index in [1.54, 1.807) is 56.2 Å². The van der Waals surface area contributed by atoms with Crippen LogP contribution in [0.15, 0.2) is 96.0 Å².